The summed E-state index contributed by atoms with van der Waals surface area (Å²) in [7, 11) is 0. The zero-order valence-electron chi connectivity index (χ0n) is 9.92. The van der Waals surface area contributed by atoms with E-state index in [9.17, 15) is 0 Å². The van der Waals surface area contributed by atoms with Crippen LogP contribution in [0.1, 0.15) is 47.0 Å². The first-order valence-electron chi connectivity index (χ1n) is 5.83. The molecule has 1 saturated carbocycles. The van der Waals surface area contributed by atoms with E-state index in [1.54, 1.807) is 0 Å². The second-order valence-electron chi connectivity index (χ2n) is 4.74. The zero-order chi connectivity index (χ0) is 10.6. The minimum atomic E-state index is 0.651. The minimum absolute atomic E-state index is 0.651. The topological polar surface area (TPSA) is 21.6 Å². The largest absolute Gasteiger partial charge is 0.396 e. The van der Waals surface area contributed by atoms with Gasteiger partial charge in [-0.05, 0) is 38.0 Å². The molecule has 1 aliphatic rings. The average Bonchev–Trinajstić information content (AvgIpc) is 2.14. The highest BCUT2D eigenvalue weighted by Gasteiger charge is 2.27. The van der Waals surface area contributed by atoms with E-state index >= 15 is 0 Å². The summed E-state index contributed by atoms with van der Waals surface area (Å²) < 4.78 is 0. The smallest absolute Gasteiger partial charge is 0.114 e. The van der Waals surface area contributed by atoms with Gasteiger partial charge in [0.05, 0.1) is 5.71 Å². The Morgan fingerprint density at radius 1 is 1.43 bits per heavy atom. The zero-order valence-corrected chi connectivity index (χ0v) is 9.92. The highest BCUT2D eigenvalue weighted by atomic mass is 16.6. The van der Waals surface area contributed by atoms with Gasteiger partial charge in [-0.15, -0.1) is 0 Å². The molecule has 82 valence electrons. The molecule has 2 atom stereocenters. The van der Waals surface area contributed by atoms with Crippen LogP contribution in [-0.2, 0) is 4.84 Å². The number of nitrogens with zero attached hydrogens (tertiary/aromatic N) is 1. The first-order chi connectivity index (χ1) is 6.65. The molecule has 0 radical (unpaired) electrons. The van der Waals surface area contributed by atoms with Gasteiger partial charge in [0, 0.05) is 5.92 Å². The molecule has 0 N–H and O–H groups in total. The molecule has 1 rings (SSSR count). The lowest BCUT2D eigenvalue weighted by Crippen LogP contribution is -2.28. The van der Waals surface area contributed by atoms with Crippen LogP contribution in [-0.4, -0.2) is 12.3 Å². The lowest BCUT2D eigenvalue weighted by molar-refractivity contribution is 0.152. The van der Waals surface area contributed by atoms with E-state index in [1.807, 2.05) is 6.92 Å². The third-order valence-electron chi connectivity index (χ3n) is 3.07. The Kier molecular flexibility index (Phi) is 4.43. The fourth-order valence-electron chi connectivity index (χ4n) is 2.21. The molecule has 0 aromatic rings. The highest BCUT2D eigenvalue weighted by Crippen LogP contribution is 2.31. The van der Waals surface area contributed by atoms with Crippen LogP contribution in [0, 0.1) is 17.8 Å². The van der Waals surface area contributed by atoms with E-state index in [-0.39, 0.29) is 0 Å². The van der Waals surface area contributed by atoms with Crippen LogP contribution < -0.4 is 0 Å². The molecule has 0 bridgehead atoms. The van der Waals surface area contributed by atoms with Gasteiger partial charge in [0.2, 0.25) is 0 Å². The van der Waals surface area contributed by atoms with Crippen molar-refractivity contribution in [2.75, 3.05) is 6.61 Å². The molecule has 0 spiro atoms. The molecule has 2 heteroatoms. The number of hydrogen-bond donors (Lipinski definition) is 0. The number of oxime groups is 1. The standard InChI is InChI=1S/C12H23NO/c1-5-14-13-12-8-10(4)6-7-11(12)9(2)3/h9-11H,5-8H2,1-4H3/b13-12-/t10-,11+/m1/s1. The quantitative estimate of drug-likeness (QED) is 0.635. The first-order valence-corrected chi connectivity index (χ1v) is 5.83. The van der Waals surface area contributed by atoms with Crippen molar-refractivity contribution < 1.29 is 4.84 Å². The summed E-state index contributed by atoms with van der Waals surface area (Å²) in [5.74, 6) is 2.13. The lowest BCUT2D eigenvalue weighted by Gasteiger charge is -2.30. The Hall–Kier alpha value is -0.530. The maximum absolute atomic E-state index is 5.19. The summed E-state index contributed by atoms with van der Waals surface area (Å²) in [4.78, 5) is 5.19. The van der Waals surface area contributed by atoms with Crippen LogP contribution in [0.5, 0.6) is 0 Å². The third-order valence-corrected chi connectivity index (χ3v) is 3.07. The molecular weight excluding hydrogens is 174 g/mol. The molecule has 0 unspecified atom stereocenters. The van der Waals surface area contributed by atoms with E-state index in [4.69, 9.17) is 4.84 Å². The van der Waals surface area contributed by atoms with Gasteiger partial charge in [-0.25, -0.2) is 0 Å². The van der Waals surface area contributed by atoms with Crippen LogP contribution in [0.2, 0.25) is 0 Å². The molecule has 0 aliphatic heterocycles. The molecule has 0 amide bonds. The predicted octanol–water partition coefficient (Wildman–Crippen LogP) is 3.47. The second-order valence-corrected chi connectivity index (χ2v) is 4.74. The number of rotatable bonds is 3. The van der Waals surface area contributed by atoms with Crippen LogP contribution in [0.4, 0.5) is 0 Å². The third kappa shape index (κ3) is 3.00. The molecule has 0 heterocycles. The summed E-state index contributed by atoms with van der Waals surface area (Å²) in [5.41, 5.74) is 1.29. The molecule has 0 saturated heterocycles. The van der Waals surface area contributed by atoms with Crippen LogP contribution in [0.3, 0.4) is 0 Å². The highest BCUT2D eigenvalue weighted by molar-refractivity contribution is 5.87. The van der Waals surface area contributed by atoms with Crippen molar-refractivity contribution in [3.05, 3.63) is 0 Å². The Balaban J connectivity index is 2.63. The van der Waals surface area contributed by atoms with E-state index in [1.165, 1.54) is 18.6 Å². The maximum Gasteiger partial charge on any atom is 0.114 e. The van der Waals surface area contributed by atoms with Crippen molar-refractivity contribution in [3.8, 4) is 0 Å². The Morgan fingerprint density at radius 2 is 2.14 bits per heavy atom. The van der Waals surface area contributed by atoms with Crippen molar-refractivity contribution in [2.24, 2.45) is 22.9 Å². The van der Waals surface area contributed by atoms with Gasteiger partial charge >= 0.3 is 0 Å². The monoisotopic (exact) mass is 197 g/mol. The first kappa shape index (κ1) is 11.5. The summed E-state index contributed by atoms with van der Waals surface area (Å²) in [6.45, 7) is 9.53. The summed E-state index contributed by atoms with van der Waals surface area (Å²) in [6.07, 6.45) is 3.75. The van der Waals surface area contributed by atoms with E-state index in [0.29, 0.717) is 18.4 Å². The van der Waals surface area contributed by atoms with Gasteiger partial charge in [0.25, 0.3) is 0 Å². The van der Waals surface area contributed by atoms with Gasteiger partial charge in [0.1, 0.15) is 6.61 Å². The minimum Gasteiger partial charge on any atom is -0.396 e. The van der Waals surface area contributed by atoms with Crippen molar-refractivity contribution in [1.29, 1.82) is 0 Å². The van der Waals surface area contributed by atoms with E-state index < -0.39 is 0 Å². The van der Waals surface area contributed by atoms with E-state index in [0.717, 1.165) is 12.3 Å². The number of hydrogen-bond acceptors (Lipinski definition) is 2. The molecule has 1 aliphatic carbocycles. The normalized spacial score (nSPS) is 31.1. The van der Waals surface area contributed by atoms with Crippen molar-refractivity contribution in [2.45, 2.75) is 47.0 Å². The molecule has 14 heavy (non-hydrogen) atoms. The lowest BCUT2D eigenvalue weighted by atomic mass is 9.76. The van der Waals surface area contributed by atoms with Crippen molar-refractivity contribution >= 4 is 5.71 Å². The molecular formula is C12H23NO. The second kappa shape index (κ2) is 5.38. The van der Waals surface area contributed by atoms with E-state index in [2.05, 4.69) is 25.9 Å². The predicted molar refractivity (Wildman–Crippen MR) is 60.4 cm³/mol. The Bertz CT molecular complexity index is 198. The van der Waals surface area contributed by atoms with Crippen LogP contribution >= 0.6 is 0 Å². The fourth-order valence-corrected chi connectivity index (χ4v) is 2.21. The molecule has 0 aromatic carbocycles. The average molecular weight is 197 g/mol. The fraction of sp³-hybridized carbons (Fsp3) is 0.917. The SMILES string of the molecule is CCO/N=C1/C[C@H](C)CC[C@H]1C(C)C. The maximum atomic E-state index is 5.19. The Morgan fingerprint density at radius 3 is 2.71 bits per heavy atom. The summed E-state index contributed by atoms with van der Waals surface area (Å²) >= 11 is 0. The van der Waals surface area contributed by atoms with Gasteiger partial charge < -0.3 is 4.84 Å². The van der Waals surface area contributed by atoms with Crippen LogP contribution in [0.15, 0.2) is 5.16 Å². The van der Waals surface area contributed by atoms with Gasteiger partial charge in [0.15, 0.2) is 0 Å². The van der Waals surface area contributed by atoms with Gasteiger partial charge in [-0.1, -0.05) is 25.9 Å². The summed E-state index contributed by atoms with van der Waals surface area (Å²) in [6, 6.07) is 0. The molecule has 0 aromatic heterocycles. The van der Waals surface area contributed by atoms with Crippen LogP contribution in [0.25, 0.3) is 0 Å². The van der Waals surface area contributed by atoms with Crippen molar-refractivity contribution in [3.63, 3.8) is 0 Å². The molecule has 2 nitrogen and oxygen atoms in total. The summed E-state index contributed by atoms with van der Waals surface area (Å²) in [5, 5.41) is 4.27. The van der Waals surface area contributed by atoms with Crippen molar-refractivity contribution in [1.82, 2.24) is 0 Å². The van der Waals surface area contributed by atoms with Gasteiger partial charge in [-0.3, -0.25) is 0 Å². The molecule has 1 fully saturated rings. The van der Waals surface area contributed by atoms with Gasteiger partial charge in [-0.2, -0.15) is 0 Å². The Labute approximate surface area is 87.7 Å².